The minimum absolute atomic E-state index is 0.0796. The third kappa shape index (κ3) is 2.47. The van der Waals surface area contributed by atoms with E-state index in [4.69, 9.17) is 11.6 Å². The summed E-state index contributed by atoms with van der Waals surface area (Å²) in [6, 6.07) is 7.34. The highest BCUT2D eigenvalue weighted by molar-refractivity contribution is 6.35. The minimum atomic E-state index is -0.0796. The van der Waals surface area contributed by atoms with Crippen LogP contribution < -0.4 is 10.6 Å². The molecule has 0 saturated carbocycles. The molecule has 2 N–H and O–H groups in total. The third-order valence-electron chi connectivity index (χ3n) is 2.43. The van der Waals surface area contributed by atoms with Crippen molar-refractivity contribution in [3.05, 3.63) is 35.5 Å². The number of fused-ring (bicyclic) bond motifs is 1. The monoisotopic (exact) mass is 249 g/mol. The van der Waals surface area contributed by atoms with E-state index in [9.17, 15) is 4.79 Å². The molecule has 1 aromatic heterocycles. The average Bonchev–Trinajstić information content (AvgIpc) is 2.38. The molecule has 88 valence electrons. The largest absolute Gasteiger partial charge is 0.374 e. The summed E-state index contributed by atoms with van der Waals surface area (Å²) < 4.78 is 0. The molecule has 0 aliphatic heterocycles. The number of likely N-dealkylation sites (N-methyl/N-ethyl adjacent to an activating group) is 1. The van der Waals surface area contributed by atoms with Gasteiger partial charge in [-0.05, 0) is 24.3 Å². The van der Waals surface area contributed by atoms with Crippen LogP contribution in [0.5, 0.6) is 0 Å². The Hall–Kier alpha value is -1.81. The van der Waals surface area contributed by atoms with Crippen molar-refractivity contribution in [2.45, 2.75) is 0 Å². The fraction of sp³-hybridized carbons (Fsp3) is 0.167. The van der Waals surface area contributed by atoms with Gasteiger partial charge in [-0.25, -0.2) is 0 Å². The van der Waals surface area contributed by atoms with Crippen molar-refractivity contribution >= 4 is 34.1 Å². The predicted octanol–water partition coefficient (Wildman–Crippen LogP) is 2.05. The number of halogens is 1. The number of anilines is 1. The third-order valence-corrected chi connectivity index (χ3v) is 2.76. The van der Waals surface area contributed by atoms with Gasteiger partial charge in [-0.15, -0.1) is 0 Å². The van der Waals surface area contributed by atoms with E-state index < -0.39 is 0 Å². The van der Waals surface area contributed by atoms with Crippen LogP contribution in [-0.2, 0) is 4.79 Å². The van der Waals surface area contributed by atoms with Gasteiger partial charge in [-0.3, -0.25) is 9.78 Å². The Kier molecular flexibility index (Phi) is 3.44. The summed E-state index contributed by atoms with van der Waals surface area (Å²) >= 11 is 6.07. The lowest BCUT2D eigenvalue weighted by Gasteiger charge is -2.09. The molecule has 0 fully saturated rings. The Bertz CT molecular complexity index is 556. The second-order valence-electron chi connectivity index (χ2n) is 3.52. The molecule has 0 bridgehead atoms. The number of amides is 1. The second-order valence-corrected chi connectivity index (χ2v) is 3.93. The first-order valence-corrected chi connectivity index (χ1v) is 5.58. The first-order chi connectivity index (χ1) is 8.22. The standard InChI is InChI=1S/C12H12ClN3O/c1-14-11(17)7-16-10-5-4-9(13)8-3-2-6-15-12(8)10/h2-6,16H,7H2,1H3,(H,14,17). The van der Waals surface area contributed by atoms with Gasteiger partial charge in [0.2, 0.25) is 5.91 Å². The fourth-order valence-electron chi connectivity index (χ4n) is 1.54. The minimum Gasteiger partial charge on any atom is -0.374 e. The lowest BCUT2D eigenvalue weighted by atomic mass is 10.2. The van der Waals surface area contributed by atoms with Crippen LogP contribution in [0.3, 0.4) is 0 Å². The Morgan fingerprint density at radius 3 is 3.00 bits per heavy atom. The molecular formula is C12H12ClN3O. The van der Waals surface area contributed by atoms with E-state index in [0.717, 1.165) is 16.6 Å². The van der Waals surface area contributed by atoms with Crippen molar-refractivity contribution in [3.8, 4) is 0 Å². The van der Waals surface area contributed by atoms with Crippen LogP contribution >= 0.6 is 11.6 Å². The van der Waals surface area contributed by atoms with E-state index in [0.29, 0.717) is 5.02 Å². The fourth-order valence-corrected chi connectivity index (χ4v) is 1.76. The van der Waals surface area contributed by atoms with Crippen LogP contribution in [0.1, 0.15) is 0 Å². The molecule has 1 amide bonds. The normalized spacial score (nSPS) is 10.2. The summed E-state index contributed by atoms with van der Waals surface area (Å²) in [7, 11) is 1.60. The zero-order valence-electron chi connectivity index (χ0n) is 9.33. The molecule has 1 heterocycles. The maximum Gasteiger partial charge on any atom is 0.239 e. The first-order valence-electron chi connectivity index (χ1n) is 5.20. The maximum atomic E-state index is 11.2. The van der Waals surface area contributed by atoms with Gasteiger partial charge in [-0.1, -0.05) is 11.6 Å². The number of carbonyl (C=O) groups is 1. The van der Waals surface area contributed by atoms with E-state index in [-0.39, 0.29) is 12.5 Å². The van der Waals surface area contributed by atoms with Gasteiger partial charge >= 0.3 is 0 Å². The summed E-state index contributed by atoms with van der Waals surface area (Å²) in [5, 5.41) is 7.10. The lowest BCUT2D eigenvalue weighted by molar-refractivity contribution is -0.118. The zero-order valence-corrected chi connectivity index (χ0v) is 10.1. The van der Waals surface area contributed by atoms with Crippen LogP contribution in [0.15, 0.2) is 30.5 Å². The summed E-state index contributed by atoms with van der Waals surface area (Å²) in [4.78, 5) is 15.4. The molecule has 0 unspecified atom stereocenters. The lowest BCUT2D eigenvalue weighted by Crippen LogP contribution is -2.26. The van der Waals surface area contributed by atoms with E-state index in [1.54, 1.807) is 19.3 Å². The van der Waals surface area contributed by atoms with Crippen molar-refractivity contribution in [3.63, 3.8) is 0 Å². The van der Waals surface area contributed by atoms with E-state index in [1.165, 1.54) is 0 Å². The van der Waals surface area contributed by atoms with Crippen molar-refractivity contribution in [2.75, 3.05) is 18.9 Å². The number of nitrogens with one attached hydrogen (secondary N) is 2. The SMILES string of the molecule is CNC(=O)CNc1ccc(Cl)c2cccnc12. The average molecular weight is 250 g/mol. The molecule has 0 aliphatic carbocycles. The predicted molar refractivity (Wildman–Crippen MR) is 69.3 cm³/mol. The molecule has 2 rings (SSSR count). The maximum absolute atomic E-state index is 11.2. The van der Waals surface area contributed by atoms with Gasteiger partial charge in [0, 0.05) is 18.6 Å². The number of hydrogen-bond acceptors (Lipinski definition) is 3. The van der Waals surface area contributed by atoms with Gasteiger partial charge in [0.25, 0.3) is 0 Å². The Morgan fingerprint density at radius 2 is 2.24 bits per heavy atom. The van der Waals surface area contributed by atoms with Crippen molar-refractivity contribution in [2.24, 2.45) is 0 Å². The molecule has 1 aromatic carbocycles. The van der Waals surface area contributed by atoms with Crippen LogP contribution in [0, 0.1) is 0 Å². The molecule has 17 heavy (non-hydrogen) atoms. The number of pyridine rings is 1. The number of rotatable bonds is 3. The van der Waals surface area contributed by atoms with Crippen LogP contribution in [0.2, 0.25) is 5.02 Å². The number of aromatic nitrogens is 1. The van der Waals surface area contributed by atoms with Crippen molar-refractivity contribution in [1.29, 1.82) is 0 Å². The number of hydrogen-bond donors (Lipinski definition) is 2. The topological polar surface area (TPSA) is 54.0 Å². The first kappa shape index (κ1) is 11.7. The van der Waals surface area contributed by atoms with Crippen LogP contribution in [0.25, 0.3) is 10.9 Å². The summed E-state index contributed by atoms with van der Waals surface area (Å²) in [6.07, 6.45) is 1.70. The smallest absolute Gasteiger partial charge is 0.239 e. The van der Waals surface area contributed by atoms with Gasteiger partial charge in [0.15, 0.2) is 0 Å². The van der Waals surface area contributed by atoms with Crippen molar-refractivity contribution in [1.82, 2.24) is 10.3 Å². The molecule has 0 aliphatic rings. The highest BCUT2D eigenvalue weighted by Gasteiger charge is 2.06. The van der Waals surface area contributed by atoms with Crippen molar-refractivity contribution < 1.29 is 4.79 Å². The van der Waals surface area contributed by atoms with Gasteiger partial charge in [-0.2, -0.15) is 0 Å². The number of carbonyl (C=O) groups excluding carboxylic acids is 1. The summed E-state index contributed by atoms with van der Waals surface area (Å²) in [5.41, 5.74) is 1.57. The van der Waals surface area contributed by atoms with Gasteiger partial charge in [0.1, 0.15) is 0 Å². The van der Waals surface area contributed by atoms with E-state index in [1.807, 2.05) is 18.2 Å². The van der Waals surface area contributed by atoms with Crippen LogP contribution in [0.4, 0.5) is 5.69 Å². The molecule has 0 spiro atoms. The zero-order chi connectivity index (χ0) is 12.3. The quantitative estimate of drug-likeness (QED) is 0.875. The summed E-state index contributed by atoms with van der Waals surface area (Å²) in [5.74, 6) is -0.0796. The highest BCUT2D eigenvalue weighted by Crippen LogP contribution is 2.27. The Balaban J connectivity index is 2.35. The van der Waals surface area contributed by atoms with E-state index in [2.05, 4.69) is 15.6 Å². The molecule has 2 aromatic rings. The van der Waals surface area contributed by atoms with Crippen LogP contribution in [-0.4, -0.2) is 24.5 Å². The Labute approximate surface area is 104 Å². The molecule has 0 radical (unpaired) electrons. The van der Waals surface area contributed by atoms with Gasteiger partial charge < -0.3 is 10.6 Å². The molecule has 4 nitrogen and oxygen atoms in total. The number of nitrogens with zero attached hydrogens (tertiary/aromatic N) is 1. The molecular weight excluding hydrogens is 238 g/mol. The molecule has 0 atom stereocenters. The highest BCUT2D eigenvalue weighted by atomic mass is 35.5. The molecule has 0 saturated heterocycles. The summed E-state index contributed by atoms with van der Waals surface area (Å²) in [6.45, 7) is 0.212. The Morgan fingerprint density at radius 1 is 1.41 bits per heavy atom. The second kappa shape index (κ2) is 5.01. The van der Waals surface area contributed by atoms with Gasteiger partial charge in [0.05, 0.1) is 22.8 Å². The molecule has 5 heteroatoms. The van der Waals surface area contributed by atoms with E-state index >= 15 is 0 Å². The number of benzene rings is 1.